The number of hydrogen-bond acceptors (Lipinski definition) is 1. The van der Waals surface area contributed by atoms with Gasteiger partial charge in [0.15, 0.2) is 0 Å². The summed E-state index contributed by atoms with van der Waals surface area (Å²) in [5.41, 5.74) is 0.933. The molecule has 62 valence electrons. The molecule has 0 spiro atoms. The van der Waals surface area contributed by atoms with E-state index in [2.05, 4.69) is 39.2 Å². The predicted molar refractivity (Wildman–Crippen MR) is 51.0 cm³/mol. The van der Waals surface area contributed by atoms with E-state index >= 15 is 0 Å². The van der Waals surface area contributed by atoms with Crippen LogP contribution < -0.4 is 4.98 Å². The van der Waals surface area contributed by atoms with Gasteiger partial charge in [-0.3, -0.25) is 0 Å². The van der Waals surface area contributed by atoms with Crippen molar-refractivity contribution in [1.82, 2.24) is 4.98 Å². The number of rotatable bonds is 4. The van der Waals surface area contributed by atoms with Crippen LogP contribution >= 0.6 is 0 Å². The van der Waals surface area contributed by atoms with Crippen molar-refractivity contribution in [2.45, 2.75) is 52.2 Å². The first kappa shape index (κ1) is 10.2. The van der Waals surface area contributed by atoms with Gasteiger partial charge in [-0.25, -0.2) is 0 Å². The Morgan fingerprint density at radius 2 is 1.80 bits per heavy atom. The Bertz CT molecular complexity index is 83.3. The predicted octanol–water partition coefficient (Wildman–Crippen LogP) is 2.14. The van der Waals surface area contributed by atoms with Gasteiger partial charge < -0.3 is 4.98 Å². The van der Waals surface area contributed by atoms with Crippen molar-refractivity contribution in [3.63, 3.8) is 0 Å². The van der Waals surface area contributed by atoms with Crippen LogP contribution in [0.4, 0.5) is 0 Å². The molecule has 0 bridgehead atoms. The topological polar surface area (TPSA) is 12.0 Å². The van der Waals surface area contributed by atoms with Gasteiger partial charge in [0.1, 0.15) is 8.96 Å². The maximum Gasteiger partial charge on any atom is 0.108 e. The van der Waals surface area contributed by atoms with E-state index in [0.717, 1.165) is 5.54 Å². The maximum absolute atomic E-state index is 3.63. The lowest BCUT2D eigenvalue weighted by Gasteiger charge is -2.20. The van der Waals surface area contributed by atoms with Gasteiger partial charge in [-0.05, 0) is 11.6 Å². The third-order valence-corrected chi connectivity index (χ3v) is 5.46. The van der Waals surface area contributed by atoms with Crippen LogP contribution in [0.5, 0.6) is 0 Å². The fourth-order valence-electron chi connectivity index (χ4n) is 1.04. The monoisotopic (exact) mass is 159 g/mol. The quantitative estimate of drug-likeness (QED) is 0.620. The molecule has 0 amide bonds. The van der Waals surface area contributed by atoms with Crippen molar-refractivity contribution < 1.29 is 0 Å². The molecule has 0 aliphatic carbocycles. The van der Waals surface area contributed by atoms with Crippen molar-refractivity contribution in [3.8, 4) is 0 Å². The average Bonchev–Trinajstić information content (AvgIpc) is 1.85. The Balaban J connectivity index is 3.50. The van der Waals surface area contributed by atoms with E-state index in [9.17, 15) is 0 Å². The summed E-state index contributed by atoms with van der Waals surface area (Å²) < 4.78 is 0. The van der Waals surface area contributed by atoms with Gasteiger partial charge in [0.05, 0.1) is 0 Å². The van der Waals surface area contributed by atoms with Gasteiger partial charge in [0.25, 0.3) is 0 Å². The summed E-state index contributed by atoms with van der Waals surface area (Å²) in [7, 11) is -0.604. The van der Waals surface area contributed by atoms with Crippen molar-refractivity contribution in [3.05, 3.63) is 0 Å². The lowest BCUT2D eigenvalue weighted by atomic mass is 10.4. The van der Waals surface area contributed by atoms with Crippen LogP contribution in [0.2, 0.25) is 12.1 Å². The summed E-state index contributed by atoms with van der Waals surface area (Å²) in [6.07, 6.45) is 1.33. The lowest BCUT2D eigenvalue weighted by Crippen LogP contribution is -2.38. The molecular weight excluding hydrogens is 138 g/mol. The molecule has 0 saturated heterocycles. The molecule has 0 rings (SSSR count). The molecule has 0 saturated carbocycles. The standard InChI is InChI=1S/C8H21NSi/c1-6-8(4)10(5)9-7(2)3/h7-10H,6H2,1-5H3. The fourth-order valence-corrected chi connectivity index (χ4v) is 3.13. The molecule has 10 heavy (non-hydrogen) atoms. The van der Waals surface area contributed by atoms with E-state index in [-0.39, 0.29) is 0 Å². The molecule has 2 heteroatoms. The molecule has 0 heterocycles. The lowest BCUT2D eigenvalue weighted by molar-refractivity contribution is 0.715. The molecule has 0 aromatic rings. The SMILES string of the molecule is CCC(C)[SiH](C)NC(C)C. The summed E-state index contributed by atoms with van der Waals surface area (Å²) in [5, 5.41) is 0. The molecule has 1 nitrogen and oxygen atoms in total. The Hall–Kier alpha value is 0.177. The molecule has 1 N–H and O–H groups in total. The number of hydrogen-bond donors (Lipinski definition) is 1. The Morgan fingerprint density at radius 1 is 1.30 bits per heavy atom. The van der Waals surface area contributed by atoms with E-state index in [4.69, 9.17) is 0 Å². The van der Waals surface area contributed by atoms with E-state index in [0.29, 0.717) is 6.04 Å². The minimum absolute atomic E-state index is 0.604. The third kappa shape index (κ3) is 4.07. The van der Waals surface area contributed by atoms with Crippen molar-refractivity contribution >= 4 is 8.96 Å². The summed E-state index contributed by atoms with van der Waals surface area (Å²) in [6.45, 7) is 11.5. The fraction of sp³-hybridized carbons (Fsp3) is 1.00. The van der Waals surface area contributed by atoms with Crippen LogP contribution in [0.25, 0.3) is 0 Å². The maximum atomic E-state index is 3.63. The van der Waals surface area contributed by atoms with E-state index in [1.54, 1.807) is 0 Å². The van der Waals surface area contributed by atoms with Gasteiger partial charge in [0, 0.05) is 0 Å². The zero-order valence-electron chi connectivity index (χ0n) is 7.94. The van der Waals surface area contributed by atoms with E-state index in [1.165, 1.54) is 6.42 Å². The second-order valence-corrected chi connectivity index (χ2v) is 6.54. The Kier molecular flexibility index (Phi) is 5.00. The van der Waals surface area contributed by atoms with Crippen LogP contribution in [0, 0.1) is 0 Å². The molecular formula is C8H21NSi. The highest BCUT2D eigenvalue weighted by Gasteiger charge is 2.11. The third-order valence-electron chi connectivity index (χ3n) is 2.09. The summed E-state index contributed by atoms with van der Waals surface area (Å²) >= 11 is 0. The first-order valence-corrected chi connectivity index (χ1v) is 6.73. The summed E-state index contributed by atoms with van der Waals surface area (Å²) in [6, 6.07) is 0.677. The molecule has 2 unspecified atom stereocenters. The van der Waals surface area contributed by atoms with Crippen LogP contribution in [-0.2, 0) is 0 Å². The van der Waals surface area contributed by atoms with E-state index in [1.807, 2.05) is 0 Å². The van der Waals surface area contributed by atoms with Crippen molar-refractivity contribution in [2.24, 2.45) is 0 Å². The Labute approximate surface area is 66.9 Å². The normalized spacial score (nSPS) is 17.4. The first-order chi connectivity index (χ1) is 4.57. The number of nitrogens with one attached hydrogen (secondary N) is 1. The molecule has 0 fully saturated rings. The van der Waals surface area contributed by atoms with Crippen LogP contribution in [0.3, 0.4) is 0 Å². The molecule has 0 aliphatic heterocycles. The van der Waals surface area contributed by atoms with Gasteiger partial charge in [-0.1, -0.05) is 40.7 Å². The van der Waals surface area contributed by atoms with Gasteiger partial charge in [-0.15, -0.1) is 0 Å². The zero-order chi connectivity index (χ0) is 8.15. The largest absolute Gasteiger partial charge is 0.337 e. The second kappa shape index (κ2) is 4.91. The van der Waals surface area contributed by atoms with Crippen LogP contribution in [-0.4, -0.2) is 15.0 Å². The summed E-state index contributed by atoms with van der Waals surface area (Å²) in [5.74, 6) is 0. The van der Waals surface area contributed by atoms with Crippen molar-refractivity contribution in [1.29, 1.82) is 0 Å². The minimum atomic E-state index is -0.604. The average molecular weight is 159 g/mol. The molecule has 2 atom stereocenters. The molecule has 0 radical (unpaired) electrons. The zero-order valence-corrected chi connectivity index (χ0v) is 9.09. The van der Waals surface area contributed by atoms with Gasteiger partial charge in [0.2, 0.25) is 0 Å². The minimum Gasteiger partial charge on any atom is -0.337 e. The van der Waals surface area contributed by atoms with Crippen molar-refractivity contribution in [2.75, 3.05) is 0 Å². The Morgan fingerprint density at radius 3 is 2.10 bits per heavy atom. The summed E-state index contributed by atoms with van der Waals surface area (Å²) in [4.78, 5) is 3.63. The highest BCUT2D eigenvalue weighted by atomic mass is 28.3. The van der Waals surface area contributed by atoms with E-state index < -0.39 is 8.96 Å². The molecule has 0 aliphatic rings. The van der Waals surface area contributed by atoms with Gasteiger partial charge >= 0.3 is 0 Å². The van der Waals surface area contributed by atoms with Crippen LogP contribution in [0.15, 0.2) is 0 Å². The first-order valence-electron chi connectivity index (χ1n) is 4.34. The smallest absolute Gasteiger partial charge is 0.108 e. The van der Waals surface area contributed by atoms with Gasteiger partial charge in [-0.2, -0.15) is 0 Å². The van der Waals surface area contributed by atoms with Crippen LogP contribution in [0.1, 0.15) is 34.1 Å². The molecule has 0 aromatic carbocycles. The highest BCUT2D eigenvalue weighted by molar-refractivity contribution is 6.56. The highest BCUT2D eigenvalue weighted by Crippen LogP contribution is 2.11. The second-order valence-electron chi connectivity index (χ2n) is 3.50. The molecule has 0 aromatic heterocycles.